The number of rotatable bonds is 4. The second-order valence-corrected chi connectivity index (χ2v) is 7.31. The first-order valence-corrected chi connectivity index (χ1v) is 9.51. The Kier molecular flexibility index (Phi) is 4.50. The molecule has 0 aliphatic carbocycles. The summed E-state index contributed by atoms with van der Waals surface area (Å²) >= 11 is 3.36. The normalized spacial score (nSPS) is 23.3. The van der Waals surface area contributed by atoms with E-state index in [1.54, 1.807) is 55.5 Å². The van der Waals surface area contributed by atoms with Gasteiger partial charge in [-0.3, -0.25) is 15.0 Å². The third-order valence-corrected chi connectivity index (χ3v) is 5.34. The van der Waals surface area contributed by atoms with Crippen LogP contribution in [0.25, 0.3) is 0 Å². The highest BCUT2D eigenvalue weighted by Crippen LogP contribution is 2.45. The molecule has 0 bridgehead atoms. The fourth-order valence-corrected chi connectivity index (χ4v) is 4.03. The third kappa shape index (κ3) is 2.56. The standard InChI is InChI=1S/C20H16BrN3O4/c1-2-28-18(26)16-15-17(25)24(14-10-6-9-13(21)11-14)19(27)20(15,23-22-16)12-7-4-3-5-8-12/h3-11,15,23H,2H2,1H3/t15-,20+/m1/s1. The summed E-state index contributed by atoms with van der Waals surface area (Å²) < 4.78 is 5.78. The lowest BCUT2D eigenvalue weighted by atomic mass is 9.79. The van der Waals surface area contributed by atoms with Crippen LogP contribution in [-0.2, 0) is 24.7 Å². The highest BCUT2D eigenvalue weighted by molar-refractivity contribution is 9.10. The van der Waals surface area contributed by atoms with Crippen molar-refractivity contribution in [3.63, 3.8) is 0 Å². The number of amides is 2. The lowest BCUT2D eigenvalue weighted by Gasteiger charge is -2.26. The van der Waals surface area contributed by atoms with Crippen molar-refractivity contribution in [2.45, 2.75) is 12.5 Å². The zero-order chi connectivity index (χ0) is 19.9. The van der Waals surface area contributed by atoms with Crippen LogP contribution in [0.15, 0.2) is 64.2 Å². The van der Waals surface area contributed by atoms with Crippen molar-refractivity contribution in [1.82, 2.24) is 5.43 Å². The molecule has 2 atom stereocenters. The number of esters is 1. The Hall–Kier alpha value is -3.00. The highest BCUT2D eigenvalue weighted by atomic mass is 79.9. The number of ether oxygens (including phenoxy) is 1. The van der Waals surface area contributed by atoms with Gasteiger partial charge in [0, 0.05) is 4.47 Å². The highest BCUT2D eigenvalue weighted by Gasteiger charge is 2.67. The van der Waals surface area contributed by atoms with E-state index in [1.807, 2.05) is 6.07 Å². The van der Waals surface area contributed by atoms with E-state index in [2.05, 4.69) is 26.5 Å². The predicted molar refractivity (Wildman–Crippen MR) is 105 cm³/mol. The summed E-state index contributed by atoms with van der Waals surface area (Å²) in [5.74, 6) is -2.84. The maximum Gasteiger partial charge on any atom is 0.355 e. The van der Waals surface area contributed by atoms with Crippen LogP contribution in [-0.4, -0.2) is 30.1 Å². The molecular weight excluding hydrogens is 426 g/mol. The number of fused-ring (bicyclic) bond motifs is 1. The van der Waals surface area contributed by atoms with Crippen molar-refractivity contribution < 1.29 is 19.1 Å². The zero-order valence-electron chi connectivity index (χ0n) is 14.9. The van der Waals surface area contributed by atoms with Gasteiger partial charge >= 0.3 is 5.97 Å². The molecule has 8 heteroatoms. The monoisotopic (exact) mass is 441 g/mol. The Labute approximate surface area is 169 Å². The van der Waals surface area contributed by atoms with Crippen molar-refractivity contribution in [1.29, 1.82) is 0 Å². The summed E-state index contributed by atoms with van der Waals surface area (Å²) in [6.07, 6.45) is 0. The SMILES string of the molecule is CCOC(=O)C1=NN[C@]2(c3ccccc3)C(=O)N(c3cccc(Br)c3)C(=O)[C@@H]12. The third-order valence-electron chi connectivity index (χ3n) is 4.85. The Morgan fingerprint density at radius 3 is 2.64 bits per heavy atom. The lowest BCUT2D eigenvalue weighted by molar-refractivity contribution is -0.136. The maximum absolute atomic E-state index is 13.6. The van der Waals surface area contributed by atoms with Crippen molar-refractivity contribution in [3.05, 3.63) is 64.6 Å². The van der Waals surface area contributed by atoms with Crippen LogP contribution in [0.3, 0.4) is 0 Å². The minimum Gasteiger partial charge on any atom is -0.461 e. The topological polar surface area (TPSA) is 88.1 Å². The fourth-order valence-electron chi connectivity index (χ4n) is 3.65. The summed E-state index contributed by atoms with van der Waals surface area (Å²) in [7, 11) is 0. The number of nitrogens with one attached hydrogen (secondary N) is 1. The number of carbonyl (C=O) groups excluding carboxylic acids is 3. The molecule has 2 aromatic rings. The molecular formula is C20H16BrN3O4. The number of halogens is 1. The molecule has 0 saturated carbocycles. The molecule has 0 radical (unpaired) electrons. The fraction of sp³-hybridized carbons (Fsp3) is 0.200. The van der Waals surface area contributed by atoms with Gasteiger partial charge in [0.2, 0.25) is 5.91 Å². The van der Waals surface area contributed by atoms with Crippen LogP contribution in [0, 0.1) is 5.92 Å². The number of benzene rings is 2. The van der Waals surface area contributed by atoms with E-state index in [9.17, 15) is 14.4 Å². The molecule has 142 valence electrons. The van der Waals surface area contributed by atoms with Gasteiger partial charge < -0.3 is 4.74 Å². The molecule has 2 aliphatic heterocycles. The largest absolute Gasteiger partial charge is 0.461 e. The molecule has 0 spiro atoms. The van der Waals surface area contributed by atoms with Crippen LogP contribution in [0.2, 0.25) is 0 Å². The van der Waals surface area contributed by atoms with Gasteiger partial charge in [-0.05, 0) is 30.7 Å². The first-order chi connectivity index (χ1) is 13.5. The summed E-state index contributed by atoms with van der Waals surface area (Å²) in [4.78, 5) is 40.5. The van der Waals surface area contributed by atoms with E-state index in [1.165, 1.54) is 0 Å². The van der Waals surface area contributed by atoms with E-state index in [-0.39, 0.29) is 12.3 Å². The Bertz CT molecular complexity index is 1010. The van der Waals surface area contributed by atoms with Crippen LogP contribution in [0.5, 0.6) is 0 Å². The van der Waals surface area contributed by atoms with Crippen molar-refractivity contribution >= 4 is 45.1 Å². The summed E-state index contributed by atoms with van der Waals surface area (Å²) in [6, 6.07) is 15.7. The number of hydrazone groups is 1. The molecule has 0 aromatic heterocycles. The average molecular weight is 442 g/mol. The Morgan fingerprint density at radius 1 is 1.21 bits per heavy atom. The number of imide groups is 1. The summed E-state index contributed by atoms with van der Waals surface area (Å²) in [5, 5.41) is 4.05. The summed E-state index contributed by atoms with van der Waals surface area (Å²) in [5.41, 5.74) is 2.19. The predicted octanol–water partition coefficient (Wildman–Crippen LogP) is 2.36. The van der Waals surface area contributed by atoms with Crippen LogP contribution in [0.1, 0.15) is 12.5 Å². The molecule has 2 aromatic carbocycles. The average Bonchev–Trinajstić information content (AvgIpc) is 3.19. The molecule has 2 amide bonds. The molecule has 2 aliphatic rings. The van der Waals surface area contributed by atoms with E-state index in [4.69, 9.17) is 4.74 Å². The Morgan fingerprint density at radius 2 is 1.96 bits per heavy atom. The quantitative estimate of drug-likeness (QED) is 0.581. The van der Waals surface area contributed by atoms with Gasteiger partial charge in [-0.15, -0.1) is 0 Å². The van der Waals surface area contributed by atoms with Gasteiger partial charge in [0.15, 0.2) is 11.3 Å². The zero-order valence-corrected chi connectivity index (χ0v) is 16.5. The minimum atomic E-state index is -1.48. The van der Waals surface area contributed by atoms with Crippen molar-refractivity contribution in [3.8, 4) is 0 Å². The van der Waals surface area contributed by atoms with Crippen LogP contribution < -0.4 is 10.3 Å². The van der Waals surface area contributed by atoms with E-state index in [0.29, 0.717) is 11.3 Å². The molecule has 1 fully saturated rings. The first-order valence-electron chi connectivity index (χ1n) is 8.72. The molecule has 4 rings (SSSR count). The molecule has 28 heavy (non-hydrogen) atoms. The molecule has 1 saturated heterocycles. The van der Waals surface area contributed by atoms with Crippen molar-refractivity contribution in [2.24, 2.45) is 11.0 Å². The van der Waals surface area contributed by atoms with Gasteiger partial charge in [-0.1, -0.05) is 52.3 Å². The van der Waals surface area contributed by atoms with Crippen LogP contribution >= 0.6 is 15.9 Å². The van der Waals surface area contributed by atoms with Gasteiger partial charge in [0.05, 0.1) is 12.3 Å². The number of hydrogen-bond acceptors (Lipinski definition) is 6. The molecule has 1 N–H and O–H groups in total. The van der Waals surface area contributed by atoms with Gasteiger partial charge in [0.25, 0.3) is 5.91 Å². The molecule has 0 unspecified atom stereocenters. The maximum atomic E-state index is 13.6. The van der Waals surface area contributed by atoms with E-state index < -0.39 is 29.2 Å². The van der Waals surface area contributed by atoms with Gasteiger partial charge in [0.1, 0.15) is 5.92 Å². The second kappa shape index (κ2) is 6.87. The number of carbonyl (C=O) groups is 3. The van der Waals surface area contributed by atoms with Gasteiger partial charge in [-0.25, -0.2) is 9.69 Å². The van der Waals surface area contributed by atoms with E-state index >= 15 is 0 Å². The van der Waals surface area contributed by atoms with E-state index in [0.717, 1.165) is 9.37 Å². The Balaban J connectivity index is 1.87. The van der Waals surface area contributed by atoms with Crippen molar-refractivity contribution in [2.75, 3.05) is 11.5 Å². The smallest absolute Gasteiger partial charge is 0.355 e. The minimum absolute atomic E-state index is 0.0958. The number of hydrogen-bond donors (Lipinski definition) is 1. The number of anilines is 1. The second-order valence-electron chi connectivity index (χ2n) is 6.40. The van der Waals surface area contributed by atoms with Gasteiger partial charge in [-0.2, -0.15) is 5.10 Å². The summed E-state index contributed by atoms with van der Waals surface area (Å²) in [6.45, 7) is 1.81. The molecule has 2 heterocycles. The number of nitrogens with zero attached hydrogens (tertiary/aromatic N) is 2. The molecule has 7 nitrogen and oxygen atoms in total. The lowest BCUT2D eigenvalue weighted by Crippen LogP contribution is -2.48. The van der Waals surface area contributed by atoms with Crippen LogP contribution in [0.4, 0.5) is 5.69 Å². The first kappa shape index (κ1) is 18.4.